The zero-order valence-electron chi connectivity index (χ0n) is 13.9. The first kappa shape index (κ1) is 16.8. The summed E-state index contributed by atoms with van der Waals surface area (Å²) in [5, 5.41) is 0. The fourth-order valence-electron chi connectivity index (χ4n) is 3.65. The quantitative estimate of drug-likeness (QED) is 0.771. The first-order valence-corrected chi connectivity index (χ1v) is 10.6. The van der Waals surface area contributed by atoms with Gasteiger partial charge < -0.3 is 4.74 Å². The molecule has 5 nitrogen and oxygen atoms in total. The van der Waals surface area contributed by atoms with Crippen LogP contribution in [-0.4, -0.2) is 31.8 Å². The fraction of sp³-hybridized carbons (Fsp3) is 0.389. The molecular weight excluding hydrogens is 358 g/mol. The molecule has 2 aliphatic heterocycles. The number of nitrogens with zero attached hydrogens (tertiary/aromatic N) is 1. The van der Waals surface area contributed by atoms with Crippen LogP contribution < -0.4 is 0 Å². The molecule has 0 saturated carbocycles. The van der Waals surface area contributed by atoms with Gasteiger partial charge in [-0.2, -0.15) is 4.31 Å². The SMILES string of the molecule is CCc1ccc(S(=O)(=O)N2CCCC3(C2)OC(=O)c2ccccc23)s1. The summed E-state index contributed by atoms with van der Waals surface area (Å²) >= 11 is 1.31. The molecule has 1 spiro atoms. The van der Waals surface area contributed by atoms with Crippen molar-refractivity contribution in [3.63, 3.8) is 0 Å². The third-order valence-electron chi connectivity index (χ3n) is 4.93. The number of esters is 1. The smallest absolute Gasteiger partial charge is 0.339 e. The van der Waals surface area contributed by atoms with E-state index in [9.17, 15) is 13.2 Å². The molecule has 132 valence electrons. The van der Waals surface area contributed by atoms with Crippen LogP contribution in [0.15, 0.2) is 40.6 Å². The van der Waals surface area contributed by atoms with Gasteiger partial charge in [-0.05, 0) is 37.5 Å². The highest BCUT2D eigenvalue weighted by Gasteiger charge is 2.50. The van der Waals surface area contributed by atoms with Gasteiger partial charge in [0.25, 0.3) is 10.0 Å². The Labute approximate surface area is 151 Å². The van der Waals surface area contributed by atoms with Gasteiger partial charge in [0.2, 0.25) is 0 Å². The Bertz CT molecular complexity index is 934. The van der Waals surface area contributed by atoms with E-state index >= 15 is 0 Å². The van der Waals surface area contributed by atoms with E-state index in [0.717, 1.165) is 16.9 Å². The third kappa shape index (κ3) is 2.61. The second-order valence-corrected chi connectivity index (χ2v) is 9.78. The van der Waals surface area contributed by atoms with Gasteiger partial charge in [-0.25, -0.2) is 13.2 Å². The largest absolute Gasteiger partial charge is 0.449 e. The van der Waals surface area contributed by atoms with Crippen molar-refractivity contribution in [3.8, 4) is 0 Å². The van der Waals surface area contributed by atoms with E-state index in [2.05, 4.69) is 0 Å². The number of thiophene rings is 1. The molecule has 0 aliphatic carbocycles. The summed E-state index contributed by atoms with van der Waals surface area (Å²) in [5.41, 5.74) is 0.496. The summed E-state index contributed by atoms with van der Waals surface area (Å²) in [7, 11) is -3.57. The number of rotatable bonds is 3. The molecule has 3 heterocycles. The molecule has 1 unspecified atom stereocenters. The fourth-order valence-corrected chi connectivity index (χ4v) is 6.63. The van der Waals surface area contributed by atoms with E-state index in [-0.39, 0.29) is 12.5 Å². The minimum atomic E-state index is -3.57. The van der Waals surface area contributed by atoms with E-state index in [1.807, 2.05) is 25.1 Å². The lowest BCUT2D eigenvalue weighted by Crippen LogP contribution is -2.48. The summed E-state index contributed by atoms with van der Waals surface area (Å²) in [6, 6.07) is 10.8. The van der Waals surface area contributed by atoms with Crippen LogP contribution in [0.25, 0.3) is 0 Å². The summed E-state index contributed by atoms with van der Waals surface area (Å²) < 4.78 is 33.6. The summed E-state index contributed by atoms with van der Waals surface area (Å²) in [5.74, 6) is -0.362. The Morgan fingerprint density at radius 3 is 2.80 bits per heavy atom. The Hall–Kier alpha value is -1.70. The van der Waals surface area contributed by atoms with Crippen LogP contribution in [0.4, 0.5) is 0 Å². The lowest BCUT2D eigenvalue weighted by molar-refractivity contribution is -0.0345. The maximum absolute atomic E-state index is 13.0. The van der Waals surface area contributed by atoms with Gasteiger partial charge >= 0.3 is 5.97 Å². The van der Waals surface area contributed by atoms with Crippen LogP contribution in [0.1, 0.15) is 40.6 Å². The van der Waals surface area contributed by atoms with E-state index in [1.54, 1.807) is 18.2 Å². The van der Waals surface area contributed by atoms with E-state index < -0.39 is 15.6 Å². The van der Waals surface area contributed by atoms with Crippen molar-refractivity contribution in [2.24, 2.45) is 0 Å². The second-order valence-electron chi connectivity index (χ2n) is 6.45. The first-order chi connectivity index (χ1) is 12.0. The van der Waals surface area contributed by atoms with Gasteiger partial charge in [0, 0.05) is 17.0 Å². The van der Waals surface area contributed by atoms with Gasteiger partial charge in [0.05, 0.1) is 12.1 Å². The predicted molar refractivity (Wildman–Crippen MR) is 95.2 cm³/mol. The Morgan fingerprint density at radius 2 is 2.04 bits per heavy atom. The average molecular weight is 377 g/mol. The zero-order chi connectivity index (χ0) is 17.7. The third-order valence-corrected chi connectivity index (χ3v) is 8.47. The van der Waals surface area contributed by atoms with Crippen LogP contribution in [0.3, 0.4) is 0 Å². The van der Waals surface area contributed by atoms with Crippen molar-refractivity contribution >= 4 is 27.3 Å². The highest BCUT2D eigenvalue weighted by atomic mass is 32.2. The molecule has 0 N–H and O–H groups in total. The van der Waals surface area contributed by atoms with Gasteiger partial charge in [0.15, 0.2) is 5.60 Å². The van der Waals surface area contributed by atoms with Crippen molar-refractivity contribution in [2.45, 2.75) is 36.0 Å². The Kier molecular flexibility index (Phi) is 3.97. The van der Waals surface area contributed by atoms with E-state index in [0.29, 0.717) is 29.2 Å². The number of aryl methyl sites for hydroxylation is 1. The van der Waals surface area contributed by atoms with Crippen molar-refractivity contribution in [3.05, 3.63) is 52.4 Å². The van der Waals surface area contributed by atoms with Crippen LogP contribution in [0, 0.1) is 0 Å². The number of hydrogen-bond donors (Lipinski definition) is 0. The lowest BCUT2D eigenvalue weighted by Gasteiger charge is -2.38. The van der Waals surface area contributed by atoms with Gasteiger partial charge in [-0.15, -0.1) is 11.3 Å². The maximum atomic E-state index is 13.0. The molecular formula is C18H19NO4S2. The minimum Gasteiger partial charge on any atom is -0.449 e. The van der Waals surface area contributed by atoms with Crippen molar-refractivity contribution in [1.82, 2.24) is 4.31 Å². The zero-order valence-corrected chi connectivity index (χ0v) is 15.5. The maximum Gasteiger partial charge on any atom is 0.339 e. The molecule has 1 aromatic carbocycles. The molecule has 25 heavy (non-hydrogen) atoms. The highest BCUT2D eigenvalue weighted by molar-refractivity contribution is 7.91. The summed E-state index contributed by atoms with van der Waals surface area (Å²) in [4.78, 5) is 13.3. The molecule has 4 rings (SSSR count). The number of ether oxygens (including phenoxy) is 1. The number of fused-ring (bicyclic) bond motifs is 2. The number of hydrogen-bond acceptors (Lipinski definition) is 5. The standard InChI is InChI=1S/C18H19NO4S2/c1-2-13-8-9-16(24-13)25(21,22)19-11-5-10-18(12-19)15-7-4-3-6-14(15)17(20)23-18/h3-4,6-9H,2,5,10-12H2,1H3. The number of sulfonamides is 1. The second kappa shape index (κ2) is 5.93. The van der Waals surface area contributed by atoms with Crippen LogP contribution in [-0.2, 0) is 26.8 Å². The van der Waals surface area contributed by atoms with Gasteiger partial charge in [-0.1, -0.05) is 25.1 Å². The molecule has 2 aliphatic rings. The molecule has 7 heteroatoms. The topological polar surface area (TPSA) is 63.7 Å². The Morgan fingerprint density at radius 1 is 1.24 bits per heavy atom. The van der Waals surface area contributed by atoms with Crippen LogP contribution in [0.2, 0.25) is 0 Å². The normalized spacial score (nSPS) is 23.6. The summed E-state index contributed by atoms with van der Waals surface area (Å²) in [6.45, 7) is 2.63. The molecule has 1 aromatic heterocycles. The number of carbonyl (C=O) groups is 1. The van der Waals surface area contributed by atoms with E-state index in [1.165, 1.54) is 15.6 Å². The monoisotopic (exact) mass is 377 g/mol. The number of piperidine rings is 1. The van der Waals surface area contributed by atoms with Crippen LogP contribution in [0.5, 0.6) is 0 Å². The molecule has 0 amide bonds. The molecule has 0 radical (unpaired) electrons. The Balaban J connectivity index is 1.69. The van der Waals surface area contributed by atoms with Crippen molar-refractivity contribution < 1.29 is 17.9 Å². The van der Waals surface area contributed by atoms with Crippen molar-refractivity contribution in [1.29, 1.82) is 0 Å². The van der Waals surface area contributed by atoms with E-state index in [4.69, 9.17) is 4.74 Å². The molecule has 1 saturated heterocycles. The number of carbonyl (C=O) groups excluding carboxylic acids is 1. The molecule has 2 aromatic rings. The molecule has 0 bridgehead atoms. The van der Waals surface area contributed by atoms with Crippen molar-refractivity contribution in [2.75, 3.05) is 13.1 Å². The predicted octanol–water partition coefficient (Wildman–Crippen LogP) is 3.16. The summed E-state index contributed by atoms with van der Waals surface area (Å²) in [6.07, 6.45) is 2.12. The highest BCUT2D eigenvalue weighted by Crippen LogP contribution is 2.44. The minimum absolute atomic E-state index is 0.178. The van der Waals surface area contributed by atoms with Crippen LogP contribution >= 0.6 is 11.3 Å². The molecule has 1 fully saturated rings. The number of benzene rings is 1. The molecule has 1 atom stereocenters. The lowest BCUT2D eigenvalue weighted by atomic mass is 9.86. The average Bonchev–Trinajstić information content (AvgIpc) is 3.20. The first-order valence-electron chi connectivity index (χ1n) is 8.38. The van der Waals surface area contributed by atoms with Gasteiger partial charge in [-0.3, -0.25) is 0 Å². The van der Waals surface area contributed by atoms with Gasteiger partial charge in [0.1, 0.15) is 4.21 Å².